The molecule has 27 heavy (non-hydrogen) atoms. The molecule has 2 bridgehead atoms. The van der Waals surface area contributed by atoms with Gasteiger partial charge in [-0.25, -0.2) is 4.79 Å². The SMILES string of the molecule is C=C(C)C(=O)OC1C(OS(=O)O)C2(COC(C)=O)CCC1(COC(C)=O)C2. The van der Waals surface area contributed by atoms with Crippen LogP contribution in [0.5, 0.6) is 0 Å². The second kappa shape index (κ2) is 8.07. The molecule has 0 heterocycles. The lowest BCUT2D eigenvalue weighted by Gasteiger charge is -2.40. The maximum Gasteiger partial charge on any atom is 0.333 e. The van der Waals surface area contributed by atoms with Gasteiger partial charge < -0.3 is 14.2 Å². The van der Waals surface area contributed by atoms with Crippen LogP contribution in [-0.4, -0.2) is 52.1 Å². The molecule has 0 aromatic carbocycles. The van der Waals surface area contributed by atoms with Crippen LogP contribution < -0.4 is 0 Å². The molecule has 0 amide bonds. The number of hydrogen-bond donors (Lipinski definition) is 1. The third kappa shape index (κ3) is 4.56. The van der Waals surface area contributed by atoms with E-state index in [1.807, 2.05) is 0 Å². The Morgan fingerprint density at radius 1 is 1.04 bits per heavy atom. The Morgan fingerprint density at radius 3 is 1.93 bits per heavy atom. The van der Waals surface area contributed by atoms with Gasteiger partial charge in [0.1, 0.15) is 18.8 Å². The summed E-state index contributed by atoms with van der Waals surface area (Å²) in [5.41, 5.74) is -1.48. The van der Waals surface area contributed by atoms with Crippen LogP contribution >= 0.6 is 0 Å². The van der Waals surface area contributed by atoms with Crippen molar-refractivity contribution in [1.29, 1.82) is 0 Å². The highest BCUT2D eigenvalue weighted by molar-refractivity contribution is 7.74. The molecule has 10 heteroatoms. The van der Waals surface area contributed by atoms with Crippen molar-refractivity contribution in [3.05, 3.63) is 12.2 Å². The van der Waals surface area contributed by atoms with E-state index in [0.717, 1.165) is 0 Å². The van der Waals surface area contributed by atoms with E-state index in [9.17, 15) is 23.1 Å². The van der Waals surface area contributed by atoms with Crippen molar-refractivity contribution in [3.63, 3.8) is 0 Å². The Balaban J connectivity index is 2.39. The van der Waals surface area contributed by atoms with Gasteiger partial charge in [-0.3, -0.25) is 18.3 Å². The number of ether oxygens (including phenoxy) is 3. The van der Waals surface area contributed by atoms with E-state index in [0.29, 0.717) is 19.3 Å². The van der Waals surface area contributed by atoms with Crippen LogP contribution in [0.3, 0.4) is 0 Å². The van der Waals surface area contributed by atoms with E-state index in [1.54, 1.807) is 0 Å². The smallest absolute Gasteiger partial charge is 0.333 e. The van der Waals surface area contributed by atoms with Crippen molar-refractivity contribution in [1.82, 2.24) is 0 Å². The van der Waals surface area contributed by atoms with Gasteiger partial charge in [-0.05, 0) is 26.2 Å². The van der Waals surface area contributed by atoms with Gasteiger partial charge in [0.05, 0.1) is 6.61 Å². The summed E-state index contributed by atoms with van der Waals surface area (Å²) in [5.74, 6) is -1.69. The molecular weight excluding hydrogens is 380 g/mol. The lowest BCUT2D eigenvalue weighted by molar-refractivity contribution is -0.170. The lowest BCUT2D eigenvalue weighted by atomic mass is 9.78. The first-order valence-corrected chi connectivity index (χ1v) is 9.46. The predicted octanol–water partition coefficient (Wildman–Crippen LogP) is 1.29. The van der Waals surface area contributed by atoms with Crippen molar-refractivity contribution < 1.29 is 41.5 Å². The van der Waals surface area contributed by atoms with E-state index in [-0.39, 0.29) is 18.8 Å². The van der Waals surface area contributed by atoms with Crippen molar-refractivity contribution in [3.8, 4) is 0 Å². The Kier molecular flexibility index (Phi) is 6.43. The molecule has 9 nitrogen and oxygen atoms in total. The van der Waals surface area contributed by atoms with Crippen LogP contribution in [0.15, 0.2) is 12.2 Å². The first-order valence-electron chi connectivity index (χ1n) is 8.42. The molecule has 5 atom stereocenters. The fraction of sp³-hybridized carbons (Fsp3) is 0.706. The average Bonchev–Trinajstić information content (AvgIpc) is 3.05. The summed E-state index contributed by atoms with van der Waals surface area (Å²) in [6.07, 6.45) is -0.619. The Labute approximate surface area is 159 Å². The highest BCUT2D eigenvalue weighted by Crippen LogP contribution is 2.63. The van der Waals surface area contributed by atoms with Crippen LogP contribution in [0, 0.1) is 10.8 Å². The van der Waals surface area contributed by atoms with Crippen molar-refractivity contribution in [2.24, 2.45) is 10.8 Å². The third-order valence-corrected chi connectivity index (χ3v) is 5.57. The average molecular weight is 404 g/mol. The fourth-order valence-corrected chi connectivity index (χ4v) is 4.53. The minimum Gasteiger partial charge on any atom is -0.465 e. The Morgan fingerprint density at radius 2 is 1.52 bits per heavy atom. The molecule has 152 valence electrons. The molecule has 2 rings (SSSR count). The topological polar surface area (TPSA) is 125 Å². The maximum atomic E-state index is 12.1. The molecule has 5 unspecified atom stereocenters. The molecule has 2 saturated carbocycles. The zero-order valence-corrected chi connectivity index (χ0v) is 16.3. The van der Waals surface area contributed by atoms with Gasteiger partial charge in [-0.1, -0.05) is 6.58 Å². The number of fused-ring (bicyclic) bond motifs is 2. The van der Waals surface area contributed by atoms with Gasteiger partial charge in [0, 0.05) is 30.3 Å². The molecule has 0 aromatic rings. The molecule has 0 radical (unpaired) electrons. The minimum atomic E-state index is -2.64. The first-order chi connectivity index (χ1) is 12.5. The summed E-state index contributed by atoms with van der Waals surface area (Å²) in [6.45, 7) is 7.42. The number of rotatable bonds is 8. The van der Waals surface area contributed by atoms with E-state index in [2.05, 4.69) is 6.58 Å². The predicted molar refractivity (Wildman–Crippen MR) is 92.3 cm³/mol. The standard InChI is InChI=1S/C17H24O9S/c1-10(2)15(20)25-13-14(26-27(21)22)17(9-24-12(4)19)6-5-16(13,7-17)8-23-11(3)18/h13-14H,1,5-9H2,2-4H3,(H,21,22). The summed E-state index contributed by atoms with van der Waals surface area (Å²) in [4.78, 5) is 34.8. The fourth-order valence-electron chi connectivity index (χ4n) is 4.05. The quantitative estimate of drug-likeness (QED) is 0.276. The highest BCUT2D eigenvalue weighted by Gasteiger charge is 2.69. The maximum absolute atomic E-state index is 12.1. The summed E-state index contributed by atoms with van der Waals surface area (Å²) >= 11 is -2.64. The van der Waals surface area contributed by atoms with E-state index >= 15 is 0 Å². The zero-order chi connectivity index (χ0) is 20.4. The van der Waals surface area contributed by atoms with Crippen molar-refractivity contribution in [2.45, 2.75) is 52.2 Å². The lowest BCUT2D eigenvalue weighted by Crippen LogP contribution is -2.50. The van der Waals surface area contributed by atoms with Gasteiger partial charge in [0.25, 0.3) is 0 Å². The summed E-state index contributed by atoms with van der Waals surface area (Å²) < 4.78 is 41.8. The normalized spacial score (nSPS) is 32.6. The van der Waals surface area contributed by atoms with Gasteiger partial charge in [-0.2, -0.15) is 4.21 Å². The second-order valence-electron chi connectivity index (χ2n) is 7.30. The number of hydrogen-bond acceptors (Lipinski definition) is 8. The molecule has 0 aliphatic heterocycles. The van der Waals surface area contributed by atoms with Gasteiger partial charge >= 0.3 is 29.3 Å². The second-order valence-corrected chi connectivity index (χ2v) is 7.93. The third-order valence-electron chi connectivity index (χ3n) is 5.20. The molecular formula is C17H24O9S. The number of esters is 3. The zero-order valence-electron chi connectivity index (χ0n) is 15.5. The number of carbonyl (C=O) groups is 3. The number of carbonyl (C=O) groups excluding carboxylic acids is 3. The largest absolute Gasteiger partial charge is 0.465 e. The molecule has 2 aliphatic carbocycles. The van der Waals surface area contributed by atoms with Gasteiger partial charge in [-0.15, -0.1) is 0 Å². The van der Waals surface area contributed by atoms with Gasteiger partial charge in [0.15, 0.2) is 0 Å². The monoisotopic (exact) mass is 404 g/mol. The summed E-state index contributed by atoms with van der Waals surface area (Å²) in [5, 5.41) is 0. The van der Waals surface area contributed by atoms with Crippen LogP contribution in [0.2, 0.25) is 0 Å². The molecule has 0 saturated heterocycles. The van der Waals surface area contributed by atoms with Crippen LogP contribution in [0.25, 0.3) is 0 Å². The minimum absolute atomic E-state index is 0.0454. The first kappa shape index (κ1) is 21.5. The molecule has 2 fully saturated rings. The van der Waals surface area contributed by atoms with Crippen LogP contribution in [0.1, 0.15) is 40.0 Å². The van der Waals surface area contributed by atoms with E-state index in [4.69, 9.17) is 18.4 Å². The highest BCUT2D eigenvalue weighted by atomic mass is 32.2. The molecule has 2 aliphatic rings. The van der Waals surface area contributed by atoms with E-state index in [1.165, 1.54) is 20.8 Å². The van der Waals surface area contributed by atoms with E-state index < -0.39 is 52.3 Å². The molecule has 1 N–H and O–H groups in total. The van der Waals surface area contributed by atoms with Crippen molar-refractivity contribution in [2.75, 3.05) is 13.2 Å². The Hall–Kier alpha value is -1.78. The van der Waals surface area contributed by atoms with Gasteiger partial charge in [0.2, 0.25) is 0 Å². The summed E-state index contributed by atoms with van der Waals surface area (Å²) in [6, 6.07) is 0. The molecule has 0 aromatic heterocycles. The van der Waals surface area contributed by atoms with Crippen molar-refractivity contribution >= 4 is 29.3 Å². The summed E-state index contributed by atoms with van der Waals surface area (Å²) in [7, 11) is 0. The Bertz CT molecular complexity index is 675. The van der Waals surface area contributed by atoms with Crippen LogP contribution in [0.4, 0.5) is 0 Å². The molecule has 0 spiro atoms. The van der Waals surface area contributed by atoms with Crippen LogP contribution in [-0.2, 0) is 44.1 Å².